The number of thiophene rings is 1. The van der Waals surface area contributed by atoms with Gasteiger partial charge < -0.3 is 10.3 Å². The first-order valence-electron chi connectivity index (χ1n) is 6.67. The predicted octanol–water partition coefficient (Wildman–Crippen LogP) is 3.42. The second-order valence-corrected chi connectivity index (χ2v) is 7.54. The summed E-state index contributed by atoms with van der Waals surface area (Å²) < 4.78 is 3.36. The maximum Gasteiger partial charge on any atom is 0.0951 e. The van der Waals surface area contributed by atoms with Crippen LogP contribution in [0.25, 0.3) is 0 Å². The van der Waals surface area contributed by atoms with Crippen molar-refractivity contribution < 1.29 is 0 Å². The van der Waals surface area contributed by atoms with Crippen molar-refractivity contribution in [1.29, 1.82) is 0 Å². The Kier molecular flexibility index (Phi) is 5.37. The normalized spacial score (nSPS) is 13.3. The van der Waals surface area contributed by atoms with Gasteiger partial charge in [0, 0.05) is 25.3 Å². The molecule has 0 saturated heterocycles. The molecule has 0 bridgehead atoms. The number of likely N-dealkylation sites (N-methyl/N-ethyl adjacent to an activating group) is 1. The van der Waals surface area contributed by atoms with Crippen molar-refractivity contribution in [2.75, 3.05) is 13.6 Å². The lowest BCUT2D eigenvalue weighted by Crippen LogP contribution is -2.32. The van der Waals surface area contributed by atoms with Gasteiger partial charge in [0.2, 0.25) is 0 Å². The number of hydrogen-bond acceptors (Lipinski definition) is 4. The molecule has 1 atom stereocenters. The monoisotopic (exact) mass is 356 g/mol. The highest BCUT2D eigenvalue weighted by Crippen LogP contribution is 2.26. The third-order valence-corrected chi connectivity index (χ3v) is 4.96. The molecule has 0 fully saturated rings. The van der Waals surface area contributed by atoms with E-state index in [-0.39, 0.29) is 6.04 Å². The summed E-state index contributed by atoms with van der Waals surface area (Å²) in [7, 11) is 2.11. The minimum Gasteiger partial charge on any atom is -0.331 e. The van der Waals surface area contributed by atoms with Gasteiger partial charge in [-0.15, -0.1) is 11.3 Å². The van der Waals surface area contributed by atoms with Crippen molar-refractivity contribution >= 4 is 27.3 Å². The Hall–Kier alpha value is -0.690. The van der Waals surface area contributed by atoms with E-state index in [1.807, 2.05) is 12.5 Å². The van der Waals surface area contributed by atoms with Crippen LogP contribution in [0.1, 0.15) is 37.2 Å². The lowest BCUT2D eigenvalue weighted by Gasteiger charge is -2.28. The van der Waals surface area contributed by atoms with Crippen LogP contribution >= 0.6 is 27.3 Å². The van der Waals surface area contributed by atoms with Gasteiger partial charge in [-0.05, 0) is 53.8 Å². The Balaban J connectivity index is 2.16. The second-order valence-electron chi connectivity index (χ2n) is 5.25. The van der Waals surface area contributed by atoms with Gasteiger partial charge in [0.25, 0.3) is 0 Å². The molecule has 0 spiro atoms. The zero-order chi connectivity index (χ0) is 14.7. The fourth-order valence-corrected chi connectivity index (χ4v) is 3.56. The van der Waals surface area contributed by atoms with Crippen molar-refractivity contribution in [3.8, 4) is 0 Å². The molecule has 6 heteroatoms. The minimum absolute atomic E-state index is 0.179. The summed E-state index contributed by atoms with van der Waals surface area (Å²) in [5.41, 5.74) is 8.49. The molecule has 2 aromatic rings. The van der Waals surface area contributed by atoms with E-state index >= 15 is 0 Å². The van der Waals surface area contributed by atoms with Crippen molar-refractivity contribution in [3.63, 3.8) is 0 Å². The number of hydrogen-bond donors (Lipinski definition) is 1. The molecule has 4 nitrogen and oxygen atoms in total. The number of nitrogens with zero attached hydrogens (tertiary/aromatic N) is 3. The van der Waals surface area contributed by atoms with E-state index in [9.17, 15) is 0 Å². The average molecular weight is 357 g/mol. The molecule has 0 radical (unpaired) electrons. The average Bonchev–Trinajstić information content (AvgIpc) is 3.00. The summed E-state index contributed by atoms with van der Waals surface area (Å²) in [6.07, 6.45) is 3.81. The largest absolute Gasteiger partial charge is 0.331 e. The van der Waals surface area contributed by atoms with Crippen LogP contribution in [-0.4, -0.2) is 28.0 Å². The molecule has 0 saturated carbocycles. The molecule has 2 N–H and O–H groups in total. The van der Waals surface area contributed by atoms with E-state index in [2.05, 4.69) is 62.7 Å². The number of rotatable bonds is 6. The Morgan fingerprint density at radius 1 is 1.50 bits per heavy atom. The number of nitrogens with two attached hydrogens (primary N) is 1. The Labute approximate surface area is 132 Å². The number of halogens is 1. The van der Waals surface area contributed by atoms with Crippen LogP contribution in [0.4, 0.5) is 0 Å². The van der Waals surface area contributed by atoms with Crippen LogP contribution in [-0.2, 0) is 6.54 Å². The summed E-state index contributed by atoms with van der Waals surface area (Å²) >= 11 is 5.22. The SMILES string of the molecule is CC(C)n1cncc1C(CN)N(C)Cc1csc(Br)c1. The van der Waals surface area contributed by atoms with Gasteiger partial charge in [0.15, 0.2) is 0 Å². The molecular weight excluding hydrogens is 336 g/mol. The van der Waals surface area contributed by atoms with Crippen molar-refractivity contribution in [2.24, 2.45) is 5.73 Å². The van der Waals surface area contributed by atoms with Gasteiger partial charge in [-0.1, -0.05) is 0 Å². The maximum atomic E-state index is 6.00. The first-order chi connectivity index (χ1) is 9.52. The van der Waals surface area contributed by atoms with Crippen molar-refractivity contribution in [1.82, 2.24) is 14.5 Å². The summed E-state index contributed by atoms with van der Waals surface area (Å²) in [6, 6.07) is 2.73. The highest BCUT2D eigenvalue weighted by molar-refractivity contribution is 9.11. The molecule has 0 aliphatic rings. The molecule has 2 heterocycles. The van der Waals surface area contributed by atoms with E-state index in [4.69, 9.17) is 5.73 Å². The zero-order valence-corrected chi connectivity index (χ0v) is 14.5. The summed E-state index contributed by atoms with van der Waals surface area (Å²) in [6.45, 7) is 5.79. The van der Waals surface area contributed by atoms with Crippen LogP contribution in [0, 0.1) is 0 Å². The molecule has 0 aromatic carbocycles. The van der Waals surface area contributed by atoms with Crippen molar-refractivity contribution in [2.45, 2.75) is 32.5 Å². The molecular formula is C14H21BrN4S. The molecule has 0 aliphatic carbocycles. The standard InChI is InChI=1S/C14H21BrN4S/c1-10(2)19-9-17-6-13(19)12(5-16)18(3)7-11-4-14(15)20-8-11/h4,6,8-10,12H,5,7,16H2,1-3H3. The summed E-state index contributed by atoms with van der Waals surface area (Å²) in [4.78, 5) is 6.56. The molecule has 110 valence electrons. The third kappa shape index (κ3) is 3.49. The van der Waals surface area contributed by atoms with Gasteiger partial charge in [0.1, 0.15) is 0 Å². The van der Waals surface area contributed by atoms with Crippen LogP contribution in [0.15, 0.2) is 27.8 Å². The fourth-order valence-electron chi connectivity index (χ4n) is 2.36. The van der Waals surface area contributed by atoms with E-state index in [1.165, 1.54) is 11.3 Å². The van der Waals surface area contributed by atoms with Gasteiger partial charge in [0.05, 0.1) is 21.8 Å². The number of imidazole rings is 1. The van der Waals surface area contributed by atoms with Crippen LogP contribution < -0.4 is 5.73 Å². The fraction of sp³-hybridized carbons (Fsp3) is 0.500. The van der Waals surface area contributed by atoms with Gasteiger partial charge in [-0.25, -0.2) is 4.98 Å². The highest BCUT2D eigenvalue weighted by atomic mass is 79.9. The summed E-state index contributed by atoms with van der Waals surface area (Å²) in [5.74, 6) is 0. The Morgan fingerprint density at radius 2 is 2.25 bits per heavy atom. The van der Waals surface area contributed by atoms with E-state index in [1.54, 1.807) is 11.3 Å². The molecule has 1 unspecified atom stereocenters. The molecule has 2 rings (SSSR count). The lowest BCUT2D eigenvalue weighted by molar-refractivity contribution is 0.230. The van der Waals surface area contributed by atoms with E-state index < -0.39 is 0 Å². The zero-order valence-electron chi connectivity index (χ0n) is 12.1. The van der Waals surface area contributed by atoms with Crippen LogP contribution in [0.5, 0.6) is 0 Å². The van der Waals surface area contributed by atoms with Gasteiger partial charge >= 0.3 is 0 Å². The third-order valence-electron chi connectivity index (χ3n) is 3.40. The number of aromatic nitrogens is 2. The Bertz CT molecular complexity index is 549. The van der Waals surface area contributed by atoms with Crippen LogP contribution in [0.2, 0.25) is 0 Å². The Morgan fingerprint density at radius 3 is 2.80 bits per heavy atom. The molecule has 20 heavy (non-hydrogen) atoms. The van der Waals surface area contributed by atoms with Gasteiger partial charge in [-0.3, -0.25) is 4.90 Å². The highest BCUT2D eigenvalue weighted by Gasteiger charge is 2.20. The van der Waals surface area contributed by atoms with Crippen molar-refractivity contribution in [3.05, 3.63) is 39.0 Å². The molecule has 0 aliphatic heterocycles. The first kappa shape index (κ1) is 15.7. The quantitative estimate of drug-likeness (QED) is 0.862. The molecule has 0 amide bonds. The first-order valence-corrected chi connectivity index (χ1v) is 8.35. The van der Waals surface area contributed by atoms with E-state index in [0.717, 1.165) is 10.3 Å². The minimum atomic E-state index is 0.179. The van der Waals surface area contributed by atoms with E-state index in [0.29, 0.717) is 12.6 Å². The van der Waals surface area contributed by atoms with Gasteiger partial charge in [-0.2, -0.15) is 0 Å². The summed E-state index contributed by atoms with van der Waals surface area (Å²) in [5, 5.41) is 2.17. The van der Waals surface area contributed by atoms with Crippen LogP contribution in [0.3, 0.4) is 0 Å². The maximum absolute atomic E-state index is 6.00. The molecule has 2 aromatic heterocycles. The lowest BCUT2D eigenvalue weighted by atomic mass is 10.1. The smallest absolute Gasteiger partial charge is 0.0951 e. The topological polar surface area (TPSA) is 47.1 Å². The predicted molar refractivity (Wildman–Crippen MR) is 87.9 cm³/mol. The second kappa shape index (κ2) is 6.85.